The fraction of sp³-hybridized carbons (Fsp3) is 0.462. The fourth-order valence-corrected chi connectivity index (χ4v) is 3.63. The minimum atomic E-state index is 0.0257. The summed E-state index contributed by atoms with van der Waals surface area (Å²) in [5, 5.41) is 5.35. The van der Waals surface area contributed by atoms with Gasteiger partial charge in [0.15, 0.2) is 5.13 Å². The molecule has 2 N–H and O–H groups in total. The van der Waals surface area contributed by atoms with E-state index in [4.69, 9.17) is 5.73 Å². The van der Waals surface area contributed by atoms with Crippen molar-refractivity contribution < 1.29 is 0 Å². The van der Waals surface area contributed by atoms with Crippen molar-refractivity contribution in [2.75, 3.05) is 4.90 Å². The normalized spacial score (nSPS) is 16.8. The highest BCUT2D eigenvalue weighted by Crippen LogP contribution is 2.35. The minimum absolute atomic E-state index is 0.0257. The van der Waals surface area contributed by atoms with Crippen LogP contribution < -0.4 is 10.6 Å². The molecule has 1 fully saturated rings. The summed E-state index contributed by atoms with van der Waals surface area (Å²) < 4.78 is 0. The van der Waals surface area contributed by atoms with Crippen LogP contribution in [0.5, 0.6) is 0 Å². The molecule has 0 amide bonds. The smallest absolute Gasteiger partial charge is 0.186 e. The third kappa shape index (κ3) is 2.58. The Hall–Kier alpha value is -0.910. The van der Waals surface area contributed by atoms with Crippen LogP contribution in [0.4, 0.5) is 5.13 Å². The molecule has 18 heavy (non-hydrogen) atoms. The number of aromatic nitrogens is 1. The Morgan fingerprint density at radius 3 is 2.89 bits per heavy atom. The van der Waals surface area contributed by atoms with Crippen LogP contribution in [0, 0.1) is 0 Å². The standard InChI is InChI=1S/C13H17N3S2/c1-9(14)12-8-18-13(15-12)16(10-4-5-10)7-11-3-2-6-17-11/h2-3,6,8-10H,4-5,7,14H2,1H3. The number of hydrogen-bond acceptors (Lipinski definition) is 5. The van der Waals surface area contributed by atoms with Crippen molar-refractivity contribution in [1.29, 1.82) is 0 Å². The maximum atomic E-state index is 5.88. The van der Waals surface area contributed by atoms with Crippen molar-refractivity contribution in [3.8, 4) is 0 Å². The number of rotatable bonds is 5. The predicted molar refractivity (Wildman–Crippen MR) is 78.2 cm³/mol. The largest absolute Gasteiger partial charge is 0.340 e. The average molecular weight is 279 g/mol. The first-order valence-corrected chi connectivity index (χ1v) is 8.00. The lowest BCUT2D eigenvalue weighted by molar-refractivity contribution is 0.764. The molecule has 1 atom stereocenters. The average Bonchev–Trinajstić information content (AvgIpc) is 2.88. The molecule has 1 aliphatic carbocycles. The van der Waals surface area contributed by atoms with Crippen molar-refractivity contribution in [2.24, 2.45) is 5.73 Å². The molecule has 0 bridgehead atoms. The first-order valence-electron chi connectivity index (χ1n) is 6.24. The zero-order valence-corrected chi connectivity index (χ0v) is 12.0. The van der Waals surface area contributed by atoms with E-state index in [2.05, 4.69) is 32.8 Å². The molecule has 5 heteroatoms. The molecule has 0 aromatic carbocycles. The highest BCUT2D eigenvalue weighted by atomic mass is 32.1. The van der Waals surface area contributed by atoms with E-state index >= 15 is 0 Å². The summed E-state index contributed by atoms with van der Waals surface area (Å²) >= 11 is 3.53. The van der Waals surface area contributed by atoms with Crippen molar-refractivity contribution in [3.05, 3.63) is 33.5 Å². The van der Waals surface area contributed by atoms with Gasteiger partial charge >= 0.3 is 0 Å². The van der Waals surface area contributed by atoms with Gasteiger partial charge in [-0.2, -0.15) is 0 Å². The number of thiophene rings is 1. The quantitative estimate of drug-likeness (QED) is 0.912. The summed E-state index contributed by atoms with van der Waals surface area (Å²) in [7, 11) is 0. The zero-order chi connectivity index (χ0) is 12.5. The van der Waals surface area contributed by atoms with Gasteiger partial charge in [0.25, 0.3) is 0 Å². The van der Waals surface area contributed by atoms with Gasteiger partial charge < -0.3 is 10.6 Å². The molecule has 1 saturated carbocycles. The molecule has 0 radical (unpaired) electrons. The molecular formula is C13H17N3S2. The van der Waals surface area contributed by atoms with Gasteiger partial charge in [0.1, 0.15) is 0 Å². The van der Waals surface area contributed by atoms with E-state index in [0.717, 1.165) is 17.4 Å². The molecule has 0 spiro atoms. The lowest BCUT2D eigenvalue weighted by atomic mass is 10.3. The monoisotopic (exact) mass is 279 g/mol. The summed E-state index contributed by atoms with van der Waals surface area (Å²) in [5.74, 6) is 0. The maximum absolute atomic E-state index is 5.88. The summed E-state index contributed by atoms with van der Waals surface area (Å²) in [6, 6.07) is 5.01. The number of nitrogens with two attached hydrogens (primary N) is 1. The second-order valence-corrected chi connectivity index (χ2v) is 6.65. The van der Waals surface area contributed by atoms with Crippen molar-refractivity contribution in [3.63, 3.8) is 0 Å². The molecule has 2 aromatic rings. The van der Waals surface area contributed by atoms with Crippen LogP contribution >= 0.6 is 22.7 Å². The maximum Gasteiger partial charge on any atom is 0.186 e. The van der Waals surface area contributed by atoms with Gasteiger partial charge in [-0.05, 0) is 31.2 Å². The van der Waals surface area contributed by atoms with Crippen LogP contribution in [0.1, 0.15) is 36.4 Å². The van der Waals surface area contributed by atoms with Crippen molar-refractivity contribution >= 4 is 27.8 Å². The zero-order valence-electron chi connectivity index (χ0n) is 10.4. The van der Waals surface area contributed by atoms with E-state index in [1.165, 1.54) is 17.7 Å². The molecule has 0 saturated heterocycles. The Kier molecular flexibility index (Phi) is 3.37. The van der Waals surface area contributed by atoms with E-state index in [-0.39, 0.29) is 6.04 Å². The third-order valence-corrected chi connectivity index (χ3v) is 4.87. The molecule has 96 valence electrons. The second kappa shape index (κ2) is 4.99. The Labute approximate surface area is 115 Å². The van der Waals surface area contributed by atoms with Gasteiger partial charge in [-0.15, -0.1) is 22.7 Å². The SMILES string of the molecule is CC(N)c1csc(N(Cc2cccs2)C2CC2)n1. The number of thiazole rings is 1. The predicted octanol–water partition coefficient (Wildman–Crippen LogP) is 3.39. The van der Waals surface area contributed by atoms with Crippen molar-refractivity contribution in [2.45, 2.75) is 38.4 Å². The summed E-state index contributed by atoms with van der Waals surface area (Å²) in [5.41, 5.74) is 6.89. The fourth-order valence-electron chi connectivity index (χ4n) is 1.93. The highest BCUT2D eigenvalue weighted by Gasteiger charge is 2.31. The molecule has 3 nitrogen and oxygen atoms in total. The van der Waals surface area contributed by atoms with Crippen LogP contribution in [0.15, 0.2) is 22.9 Å². The lowest BCUT2D eigenvalue weighted by Gasteiger charge is -2.20. The Morgan fingerprint density at radius 2 is 2.33 bits per heavy atom. The lowest BCUT2D eigenvalue weighted by Crippen LogP contribution is -2.24. The van der Waals surface area contributed by atoms with Crippen LogP contribution in [0.25, 0.3) is 0 Å². The van der Waals surface area contributed by atoms with Crippen LogP contribution in [-0.4, -0.2) is 11.0 Å². The molecular weight excluding hydrogens is 262 g/mol. The van der Waals surface area contributed by atoms with Gasteiger partial charge in [0, 0.05) is 22.3 Å². The minimum Gasteiger partial charge on any atom is -0.340 e. The topological polar surface area (TPSA) is 42.1 Å². The van der Waals surface area contributed by atoms with E-state index < -0.39 is 0 Å². The number of nitrogens with zero attached hydrogens (tertiary/aromatic N) is 2. The Morgan fingerprint density at radius 1 is 1.50 bits per heavy atom. The van der Waals surface area contributed by atoms with E-state index in [9.17, 15) is 0 Å². The van der Waals surface area contributed by atoms with Crippen LogP contribution in [0.2, 0.25) is 0 Å². The first-order chi connectivity index (χ1) is 8.74. The van der Waals surface area contributed by atoms with Gasteiger partial charge in [-0.3, -0.25) is 0 Å². The van der Waals surface area contributed by atoms with E-state index in [1.54, 1.807) is 11.3 Å². The van der Waals surface area contributed by atoms with Crippen LogP contribution in [-0.2, 0) is 6.54 Å². The van der Waals surface area contributed by atoms with Crippen molar-refractivity contribution in [1.82, 2.24) is 4.98 Å². The van der Waals surface area contributed by atoms with Gasteiger partial charge in [0.05, 0.1) is 12.2 Å². The molecule has 2 aromatic heterocycles. The van der Waals surface area contributed by atoms with Crippen LogP contribution in [0.3, 0.4) is 0 Å². The first kappa shape index (κ1) is 12.1. The summed E-state index contributed by atoms with van der Waals surface area (Å²) in [4.78, 5) is 8.51. The summed E-state index contributed by atoms with van der Waals surface area (Å²) in [6.45, 7) is 2.97. The molecule has 3 rings (SSSR count). The molecule has 1 aliphatic rings. The second-order valence-electron chi connectivity index (χ2n) is 4.78. The Bertz CT molecular complexity index is 500. The Balaban J connectivity index is 1.80. The molecule has 1 unspecified atom stereocenters. The summed E-state index contributed by atoms with van der Waals surface area (Å²) in [6.07, 6.45) is 2.58. The number of hydrogen-bond donors (Lipinski definition) is 1. The highest BCUT2D eigenvalue weighted by molar-refractivity contribution is 7.13. The number of anilines is 1. The molecule has 2 heterocycles. The third-order valence-electron chi connectivity index (χ3n) is 3.12. The van der Waals surface area contributed by atoms with Gasteiger partial charge in [0.2, 0.25) is 0 Å². The van der Waals surface area contributed by atoms with E-state index in [0.29, 0.717) is 6.04 Å². The van der Waals surface area contributed by atoms with E-state index in [1.807, 2.05) is 18.3 Å². The van der Waals surface area contributed by atoms with Gasteiger partial charge in [-0.1, -0.05) is 6.07 Å². The molecule has 0 aliphatic heterocycles. The van der Waals surface area contributed by atoms with Gasteiger partial charge in [-0.25, -0.2) is 4.98 Å².